The Balaban J connectivity index is 2.66. The molecule has 0 amide bonds. The fourth-order valence-electron chi connectivity index (χ4n) is 2.12. The highest BCUT2D eigenvalue weighted by Gasteiger charge is 2.12. The molecule has 2 heterocycles. The smallest absolute Gasteiger partial charge is 0.168 e. The van der Waals surface area contributed by atoms with Crippen LogP contribution in [0.3, 0.4) is 0 Å². The number of carbonyl (C=O) groups excluding carboxylic acids is 1. The first-order valence-corrected chi connectivity index (χ1v) is 5.61. The molecule has 0 aliphatic heterocycles. The molecule has 0 aliphatic rings. The van der Waals surface area contributed by atoms with E-state index in [1.807, 2.05) is 37.3 Å². The highest BCUT2D eigenvalue weighted by Crippen LogP contribution is 2.26. The Kier molecular flexibility index (Phi) is 2.16. The molecule has 0 N–H and O–H groups in total. The minimum atomic E-state index is 0.554. The van der Waals surface area contributed by atoms with Crippen molar-refractivity contribution in [1.82, 2.24) is 9.38 Å². The molecule has 0 atom stereocenters. The van der Waals surface area contributed by atoms with Crippen molar-refractivity contribution in [3.05, 3.63) is 46.7 Å². The Hall–Kier alpha value is -1.87. The van der Waals surface area contributed by atoms with E-state index in [1.54, 1.807) is 4.40 Å². The lowest BCUT2D eigenvalue weighted by molar-refractivity contribution is 0.111. The maximum absolute atomic E-state index is 11.2. The Morgan fingerprint density at radius 2 is 2.12 bits per heavy atom. The third kappa shape index (κ3) is 1.36. The number of nitrogens with zero attached hydrogens (tertiary/aromatic N) is 2. The van der Waals surface area contributed by atoms with Gasteiger partial charge >= 0.3 is 0 Å². The number of para-hydroxylation sites is 1. The van der Waals surface area contributed by atoms with Crippen molar-refractivity contribution in [2.75, 3.05) is 0 Å². The van der Waals surface area contributed by atoms with Crippen molar-refractivity contribution in [3.8, 4) is 0 Å². The predicted octanol–water partition coefficient (Wildman–Crippen LogP) is 3.26. The fourth-order valence-corrected chi connectivity index (χ4v) is 2.38. The van der Waals surface area contributed by atoms with E-state index in [2.05, 4.69) is 4.98 Å². The molecule has 3 nitrogen and oxygen atoms in total. The zero-order valence-electron chi connectivity index (χ0n) is 9.14. The second-order valence-electron chi connectivity index (χ2n) is 3.90. The highest BCUT2D eigenvalue weighted by atomic mass is 35.5. The van der Waals surface area contributed by atoms with Gasteiger partial charge in [0.1, 0.15) is 11.3 Å². The molecule has 84 valence electrons. The van der Waals surface area contributed by atoms with Gasteiger partial charge in [-0.05, 0) is 25.1 Å². The van der Waals surface area contributed by atoms with Crippen LogP contribution in [0.4, 0.5) is 0 Å². The van der Waals surface area contributed by atoms with Crippen molar-refractivity contribution in [2.45, 2.75) is 6.92 Å². The van der Waals surface area contributed by atoms with Gasteiger partial charge < -0.3 is 0 Å². The second-order valence-corrected chi connectivity index (χ2v) is 4.31. The minimum Gasteiger partial charge on any atom is -0.296 e. The van der Waals surface area contributed by atoms with Crippen molar-refractivity contribution < 1.29 is 4.79 Å². The number of pyridine rings is 1. The van der Waals surface area contributed by atoms with Gasteiger partial charge in [0.25, 0.3) is 0 Å². The van der Waals surface area contributed by atoms with Crippen LogP contribution in [0.25, 0.3) is 16.6 Å². The van der Waals surface area contributed by atoms with Crippen LogP contribution >= 0.6 is 11.6 Å². The van der Waals surface area contributed by atoms with E-state index in [1.165, 1.54) is 0 Å². The van der Waals surface area contributed by atoms with Gasteiger partial charge in [0, 0.05) is 5.39 Å². The molecule has 17 heavy (non-hydrogen) atoms. The first-order valence-electron chi connectivity index (χ1n) is 5.24. The molecule has 0 aliphatic carbocycles. The first-order chi connectivity index (χ1) is 8.22. The number of aromatic nitrogens is 2. The first kappa shape index (κ1) is 10.3. The number of benzene rings is 1. The van der Waals surface area contributed by atoms with Crippen LogP contribution in [-0.4, -0.2) is 15.7 Å². The maximum Gasteiger partial charge on any atom is 0.168 e. The quantitative estimate of drug-likeness (QED) is 0.616. The van der Waals surface area contributed by atoms with Crippen molar-refractivity contribution in [1.29, 1.82) is 0 Å². The van der Waals surface area contributed by atoms with E-state index < -0.39 is 0 Å². The molecule has 0 fully saturated rings. The van der Waals surface area contributed by atoms with Crippen LogP contribution in [-0.2, 0) is 0 Å². The number of halogens is 1. The third-order valence-corrected chi connectivity index (χ3v) is 3.19. The zero-order chi connectivity index (χ0) is 12.0. The topological polar surface area (TPSA) is 34.4 Å². The SMILES string of the molecule is Cc1nc2ccc3cccc(Cl)c3n2c1C=O. The lowest BCUT2D eigenvalue weighted by Gasteiger charge is -2.05. The summed E-state index contributed by atoms with van der Waals surface area (Å²) in [6, 6.07) is 9.51. The summed E-state index contributed by atoms with van der Waals surface area (Å²) >= 11 is 6.21. The van der Waals surface area contributed by atoms with Crippen molar-refractivity contribution in [2.24, 2.45) is 0 Å². The number of fused-ring (bicyclic) bond motifs is 3. The summed E-state index contributed by atoms with van der Waals surface area (Å²) in [5.74, 6) is 0. The van der Waals surface area contributed by atoms with Gasteiger partial charge in [-0.3, -0.25) is 9.20 Å². The van der Waals surface area contributed by atoms with Gasteiger partial charge in [0.05, 0.1) is 16.2 Å². The summed E-state index contributed by atoms with van der Waals surface area (Å²) in [6.07, 6.45) is 0.818. The third-order valence-electron chi connectivity index (χ3n) is 2.89. The van der Waals surface area contributed by atoms with Gasteiger partial charge in [-0.25, -0.2) is 4.98 Å². The van der Waals surface area contributed by atoms with Crippen molar-refractivity contribution in [3.63, 3.8) is 0 Å². The molecule has 0 unspecified atom stereocenters. The average molecular weight is 245 g/mol. The molecule has 0 saturated carbocycles. The van der Waals surface area contributed by atoms with Crippen LogP contribution in [0, 0.1) is 6.92 Å². The highest BCUT2D eigenvalue weighted by molar-refractivity contribution is 6.35. The second kappa shape index (κ2) is 3.57. The zero-order valence-corrected chi connectivity index (χ0v) is 9.90. The number of aryl methyl sites for hydroxylation is 1. The van der Waals surface area contributed by atoms with Gasteiger partial charge in [-0.15, -0.1) is 0 Å². The predicted molar refractivity (Wildman–Crippen MR) is 67.8 cm³/mol. The molecule has 3 rings (SSSR count). The molecule has 0 spiro atoms. The van der Waals surface area contributed by atoms with Gasteiger partial charge in [0.2, 0.25) is 0 Å². The van der Waals surface area contributed by atoms with E-state index in [-0.39, 0.29) is 0 Å². The number of hydrogen-bond donors (Lipinski definition) is 0. The maximum atomic E-state index is 11.2. The number of aldehydes is 1. The lowest BCUT2D eigenvalue weighted by Crippen LogP contribution is -1.95. The summed E-state index contributed by atoms with van der Waals surface area (Å²) in [4.78, 5) is 15.5. The lowest BCUT2D eigenvalue weighted by atomic mass is 10.2. The summed E-state index contributed by atoms with van der Waals surface area (Å²) < 4.78 is 1.81. The van der Waals surface area contributed by atoms with Crippen LogP contribution in [0.1, 0.15) is 16.2 Å². The van der Waals surface area contributed by atoms with Crippen LogP contribution < -0.4 is 0 Å². The summed E-state index contributed by atoms with van der Waals surface area (Å²) in [6.45, 7) is 1.82. The normalized spacial score (nSPS) is 11.2. The Morgan fingerprint density at radius 3 is 2.88 bits per heavy atom. The van der Waals surface area contributed by atoms with E-state index >= 15 is 0 Å². The Morgan fingerprint density at radius 1 is 1.29 bits per heavy atom. The molecule has 4 heteroatoms. The number of carbonyl (C=O) groups is 1. The van der Waals surface area contributed by atoms with E-state index in [4.69, 9.17) is 11.6 Å². The largest absolute Gasteiger partial charge is 0.296 e. The molecule has 1 aromatic carbocycles. The summed E-state index contributed by atoms with van der Waals surface area (Å²) in [5, 5.41) is 1.61. The molecule has 3 aromatic rings. The monoisotopic (exact) mass is 244 g/mol. The Bertz CT molecular complexity index is 746. The fraction of sp³-hybridized carbons (Fsp3) is 0.0769. The van der Waals surface area contributed by atoms with E-state index in [0.717, 1.165) is 22.8 Å². The van der Waals surface area contributed by atoms with Crippen molar-refractivity contribution >= 4 is 34.4 Å². The number of imidazole rings is 1. The number of rotatable bonds is 1. The van der Waals surface area contributed by atoms with E-state index in [0.29, 0.717) is 16.4 Å². The molecule has 2 aromatic heterocycles. The average Bonchev–Trinajstić information content (AvgIpc) is 2.64. The number of hydrogen-bond acceptors (Lipinski definition) is 2. The summed E-state index contributed by atoms with van der Waals surface area (Å²) in [7, 11) is 0. The van der Waals surface area contributed by atoms with Crippen LogP contribution in [0.2, 0.25) is 5.02 Å². The standard InChI is InChI=1S/C13H9ClN2O/c1-8-11(7-17)16-12(15-8)6-5-9-3-2-4-10(14)13(9)16/h2-7H,1H3. The summed E-state index contributed by atoms with van der Waals surface area (Å²) in [5.41, 5.74) is 2.84. The molecular weight excluding hydrogens is 236 g/mol. The van der Waals surface area contributed by atoms with Crippen LogP contribution in [0.15, 0.2) is 30.3 Å². The van der Waals surface area contributed by atoms with Gasteiger partial charge in [0.15, 0.2) is 6.29 Å². The van der Waals surface area contributed by atoms with E-state index in [9.17, 15) is 4.79 Å². The molecule has 0 bridgehead atoms. The molecule has 0 saturated heterocycles. The van der Waals surface area contributed by atoms with Gasteiger partial charge in [-0.1, -0.05) is 23.7 Å². The minimum absolute atomic E-state index is 0.554. The Labute approximate surface area is 103 Å². The van der Waals surface area contributed by atoms with Gasteiger partial charge in [-0.2, -0.15) is 0 Å². The molecule has 0 radical (unpaired) electrons. The molecular formula is C13H9ClN2O. The van der Waals surface area contributed by atoms with Crippen LogP contribution in [0.5, 0.6) is 0 Å².